The van der Waals surface area contributed by atoms with Gasteiger partial charge in [0, 0.05) is 0 Å². The Labute approximate surface area is 72.6 Å². The summed E-state index contributed by atoms with van der Waals surface area (Å²) in [4.78, 5) is 0. The molecule has 0 spiro atoms. The molecule has 1 rings (SSSR count). The van der Waals surface area contributed by atoms with Crippen LogP contribution in [0.25, 0.3) is 0 Å². The summed E-state index contributed by atoms with van der Waals surface area (Å²) in [5.41, 5.74) is 0. The molecule has 0 aliphatic carbocycles. The van der Waals surface area contributed by atoms with Gasteiger partial charge in [-0.15, -0.1) is 17.0 Å². The Hall–Kier alpha value is -0.0200. The van der Waals surface area contributed by atoms with Crippen LogP contribution in [-0.2, 0) is 0 Å². The summed E-state index contributed by atoms with van der Waals surface area (Å²) < 4.78 is 0.736. The van der Waals surface area contributed by atoms with E-state index in [1.807, 2.05) is 6.07 Å². The van der Waals surface area contributed by atoms with Crippen molar-refractivity contribution in [1.82, 2.24) is 0 Å². The van der Waals surface area contributed by atoms with Crippen molar-refractivity contribution in [3.8, 4) is 5.75 Å². The molecule has 0 amide bonds. The molecule has 0 aliphatic heterocycles. The van der Waals surface area contributed by atoms with Gasteiger partial charge < -0.3 is 5.11 Å². The number of hydrogen-bond donors (Lipinski definition) is 1. The summed E-state index contributed by atoms with van der Waals surface area (Å²) in [7, 11) is 0. The Kier molecular flexibility index (Phi) is 3.89. The Bertz CT molecular complexity index is 167. The van der Waals surface area contributed by atoms with E-state index in [-0.39, 0.29) is 22.7 Å². The standard InChI is InChI=1S/C6H5BrO.BrH/c7-5-3-1-2-4-6(5)8;/h1-4,8H;1H. The van der Waals surface area contributed by atoms with E-state index >= 15 is 0 Å². The fourth-order valence-corrected chi connectivity index (χ4v) is 0.737. The Morgan fingerprint density at radius 1 is 1.22 bits per heavy atom. The van der Waals surface area contributed by atoms with E-state index in [1.165, 1.54) is 0 Å². The number of phenolic OH excluding ortho intramolecular Hbond substituents is 1. The average Bonchev–Trinajstić information content (AvgIpc) is 1.77. The monoisotopic (exact) mass is 252 g/mol. The zero-order valence-corrected chi connectivity index (χ0v) is 7.84. The molecule has 0 saturated heterocycles. The van der Waals surface area contributed by atoms with E-state index < -0.39 is 0 Å². The van der Waals surface area contributed by atoms with E-state index in [2.05, 4.69) is 15.9 Å². The third-order valence-corrected chi connectivity index (χ3v) is 1.52. The molecule has 3 heteroatoms. The summed E-state index contributed by atoms with van der Waals surface area (Å²) in [6, 6.07) is 7.04. The van der Waals surface area contributed by atoms with Crippen LogP contribution in [0.4, 0.5) is 0 Å². The third kappa shape index (κ3) is 2.37. The van der Waals surface area contributed by atoms with Crippen LogP contribution in [0.15, 0.2) is 28.7 Å². The van der Waals surface area contributed by atoms with Crippen molar-refractivity contribution in [2.24, 2.45) is 0 Å². The largest absolute Gasteiger partial charge is 0.507 e. The molecule has 50 valence electrons. The molecule has 0 saturated carbocycles. The molecule has 1 aromatic rings. The van der Waals surface area contributed by atoms with Gasteiger partial charge in [0.2, 0.25) is 0 Å². The van der Waals surface area contributed by atoms with E-state index in [0.29, 0.717) is 0 Å². The normalized spacial score (nSPS) is 8.11. The second-order valence-corrected chi connectivity index (χ2v) is 2.31. The lowest BCUT2D eigenvalue weighted by Gasteiger charge is -1.90. The molecule has 9 heavy (non-hydrogen) atoms. The number of rotatable bonds is 0. The van der Waals surface area contributed by atoms with E-state index in [9.17, 15) is 0 Å². The lowest BCUT2D eigenvalue weighted by molar-refractivity contribution is 0.472. The molecule has 0 atom stereocenters. The van der Waals surface area contributed by atoms with Gasteiger partial charge >= 0.3 is 0 Å². The van der Waals surface area contributed by atoms with Crippen molar-refractivity contribution in [2.75, 3.05) is 0 Å². The first kappa shape index (κ1) is 8.98. The van der Waals surface area contributed by atoms with Crippen molar-refractivity contribution >= 4 is 32.9 Å². The second kappa shape index (κ2) is 3.90. The zero-order chi connectivity index (χ0) is 5.98. The highest BCUT2D eigenvalue weighted by atomic mass is 79.9. The number of halogens is 2. The maximum atomic E-state index is 8.87. The summed E-state index contributed by atoms with van der Waals surface area (Å²) in [5, 5.41) is 8.87. The maximum absolute atomic E-state index is 8.87. The molecule has 0 bridgehead atoms. The van der Waals surface area contributed by atoms with Crippen molar-refractivity contribution in [3.63, 3.8) is 0 Å². The molecule has 0 aliphatic rings. The van der Waals surface area contributed by atoms with Crippen LogP contribution in [0, 0.1) is 0 Å². The van der Waals surface area contributed by atoms with E-state index in [4.69, 9.17) is 5.11 Å². The molecule has 0 aromatic heterocycles. The number of para-hydroxylation sites is 1. The lowest BCUT2D eigenvalue weighted by Crippen LogP contribution is -1.63. The summed E-state index contributed by atoms with van der Waals surface area (Å²) in [6.45, 7) is 0. The topological polar surface area (TPSA) is 20.2 Å². The minimum Gasteiger partial charge on any atom is -0.507 e. The molecule has 0 unspecified atom stereocenters. The van der Waals surface area contributed by atoms with Crippen LogP contribution in [0.2, 0.25) is 0 Å². The molecular formula is C6H6Br2O. The first-order valence-electron chi connectivity index (χ1n) is 2.24. The molecule has 1 N–H and O–H groups in total. The SMILES string of the molecule is Br.Oc1ccccc1Br. The van der Waals surface area contributed by atoms with Crippen LogP contribution >= 0.6 is 32.9 Å². The number of phenols is 1. The van der Waals surface area contributed by atoms with Gasteiger partial charge in [-0.3, -0.25) is 0 Å². The van der Waals surface area contributed by atoms with E-state index in [0.717, 1.165) is 4.47 Å². The smallest absolute Gasteiger partial charge is 0.129 e. The fourth-order valence-electron chi connectivity index (χ4n) is 0.452. The number of aromatic hydroxyl groups is 1. The third-order valence-electron chi connectivity index (χ3n) is 0.852. The minimum atomic E-state index is 0. The van der Waals surface area contributed by atoms with Gasteiger partial charge in [-0.1, -0.05) is 12.1 Å². The molecule has 1 nitrogen and oxygen atoms in total. The molecule has 0 radical (unpaired) electrons. The molecular weight excluding hydrogens is 248 g/mol. The Morgan fingerprint density at radius 2 is 1.78 bits per heavy atom. The van der Waals surface area contributed by atoms with Gasteiger partial charge in [0.25, 0.3) is 0 Å². The quantitative estimate of drug-likeness (QED) is 0.754. The number of benzene rings is 1. The van der Waals surface area contributed by atoms with Crippen molar-refractivity contribution in [3.05, 3.63) is 28.7 Å². The van der Waals surface area contributed by atoms with E-state index in [1.54, 1.807) is 18.2 Å². The van der Waals surface area contributed by atoms with Crippen LogP contribution in [0.5, 0.6) is 5.75 Å². The van der Waals surface area contributed by atoms with Crippen LogP contribution in [0.3, 0.4) is 0 Å². The fraction of sp³-hybridized carbons (Fsp3) is 0. The highest BCUT2D eigenvalue weighted by Gasteiger charge is 1.89. The molecule has 0 fully saturated rings. The van der Waals surface area contributed by atoms with Gasteiger partial charge in [-0.05, 0) is 28.1 Å². The maximum Gasteiger partial charge on any atom is 0.129 e. The van der Waals surface area contributed by atoms with Gasteiger partial charge in [0.1, 0.15) is 5.75 Å². The molecule has 1 aromatic carbocycles. The second-order valence-electron chi connectivity index (χ2n) is 1.45. The summed E-state index contributed by atoms with van der Waals surface area (Å²) >= 11 is 3.15. The van der Waals surface area contributed by atoms with Gasteiger partial charge in [0.05, 0.1) is 4.47 Å². The number of hydrogen-bond acceptors (Lipinski definition) is 1. The summed E-state index contributed by atoms with van der Waals surface area (Å²) in [5.74, 6) is 0.285. The van der Waals surface area contributed by atoms with Crippen LogP contribution in [0.1, 0.15) is 0 Å². The Balaban J connectivity index is 0.000000640. The van der Waals surface area contributed by atoms with Crippen LogP contribution < -0.4 is 0 Å². The lowest BCUT2D eigenvalue weighted by atomic mass is 10.3. The van der Waals surface area contributed by atoms with Crippen molar-refractivity contribution in [2.45, 2.75) is 0 Å². The Morgan fingerprint density at radius 3 is 2.11 bits per heavy atom. The zero-order valence-electron chi connectivity index (χ0n) is 4.54. The highest BCUT2D eigenvalue weighted by molar-refractivity contribution is 9.10. The average molecular weight is 254 g/mol. The highest BCUT2D eigenvalue weighted by Crippen LogP contribution is 2.21. The first-order valence-corrected chi connectivity index (χ1v) is 3.03. The van der Waals surface area contributed by atoms with Crippen LogP contribution in [-0.4, -0.2) is 5.11 Å². The van der Waals surface area contributed by atoms with Gasteiger partial charge in [-0.25, -0.2) is 0 Å². The molecule has 0 heterocycles. The first-order chi connectivity index (χ1) is 3.80. The predicted octanol–water partition coefficient (Wildman–Crippen LogP) is 2.73. The van der Waals surface area contributed by atoms with Gasteiger partial charge in [-0.2, -0.15) is 0 Å². The van der Waals surface area contributed by atoms with Crippen molar-refractivity contribution < 1.29 is 5.11 Å². The minimum absolute atomic E-state index is 0. The van der Waals surface area contributed by atoms with Crippen molar-refractivity contribution in [1.29, 1.82) is 0 Å². The predicted molar refractivity (Wildman–Crippen MR) is 46.1 cm³/mol. The van der Waals surface area contributed by atoms with Gasteiger partial charge in [0.15, 0.2) is 0 Å². The summed E-state index contributed by atoms with van der Waals surface area (Å²) in [6.07, 6.45) is 0.